The smallest absolute Gasteiger partial charge is 0.267 e. The van der Waals surface area contributed by atoms with E-state index >= 15 is 0 Å². The Bertz CT molecular complexity index is 601. The van der Waals surface area contributed by atoms with E-state index in [1.54, 1.807) is 28.9 Å². The van der Waals surface area contributed by atoms with Gasteiger partial charge in [-0.3, -0.25) is 4.79 Å². The number of hydrazone groups is 1. The lowest BCUT2D eigenvalue weighted by atomic mass is 10.2. The summed E-state index contributed by atoms with van der Waals surface area (Å²) >= 11 is 6.51. The summed E-state index contributed by atoms with van der Waals surface area (Å²) in [5, 5.41) is 5.81. The summed E-state index contributed by atoms with van der Waals surface area (Å²) in [6.07, 6.45) is 1.64. The van der Waals surface area contributed by atoms with Crippen LogP contribution in [0.25, 0.3) is 0 Å². The number of rotatable bonds is 3. The van der Waals surface area contributed by atoms with Gasteiger partial charge in [-0.1, -0.05) is 0 Å². The highest BCUT2D eigenvalue weighted by molar-refractivity contribution is 9.11. The van der Waals surface area contributed by atoms with Gasteiger partial charge >= 0.3 is 0 Å². The Morgan fingerprint density at radius 3 is 2.78 bits per heavy atom. The summed E-state index contributed by atoms with van der Waals surface area (Å²) in [5.74, 6) is -0.163. The van der Waals surface area contributed by atoms with E-state index in [1.165, 1.54) is 0 Å². The molecule has 3 nitrogen and oxygen atoms in total. The van der Waals surface area contributed by atoms with Crippen molar-refractivity contribution in [1.29, 1.82) is 0 Å². The fraction of sp³-hybridized carbons (Fsp3) is 0.167. The summed E-state index contributed by atoms with van der Waals surface area (Å²) in [4.78, 5) is 14.0. The molecule has 0 aromatic carbocycles. The Kier molecular flexibility index (Phi) is 4.31. The first-order valence-electron chi connectivity index (χ1n) is 5.21. The summed E-state index contributed by atoms with van der Waals surface area (Å²) in [6.45, 7) is 3.95. The van der Waals surface area contributed by atoms with Gasteiger partial charge in [-0.25, -0.2) is 5.43 Å². The van der Waals surface area contributed by atoms with Gasteiger partial charge in [0.1, 0.15) is 0 Å². The van der Waals surface area contributed by atoms with Gasteiger partial charge in [-0.15, -0.1) is 22.7 Å². The van der Waals surface area contributed by atoms with Crippen molar-refractivity contribution < 1.29 is 4.79 Å². The molecule has 2 aromatic rings. The number of nitrogens with zero attached hydrogens (tertiary/aromatic N) is 1. The van der Waals surface area contributed by atoms with Gasteiger partial charge < -0.3 is 0 Å². The van der Waals surface area contributed by atoms with Crippen LogP contribution in [0.15, 0.2) is 26.4 Å². The Hall–Kier alpha value is -0.980. The molecule has 1 amide bonds. The minimum absolute atomic E-state index is 0.163. The molecule has 0 atom stereocenters. The molecule has 0 aliphatic rings. The van der Waals surface area contributed by atoms with Crippen LogP contribution in [0.4, 0.5) is 0 Å². The molecular weight excluding hydrogens is 332 g/mol. The molecule has 6 heteroatoms. The lowest BCUT2D eigenvalue weighted by Crippen LogP contribution is -2.17. The molecule has 2 heterocycles. The van der Waals surface area contributed by atoms with Gasteiger partial charge in [0.2, 0.25) is 0 Å². The molecular formula is C12H11BrN2OS2. The van der Waals surface area contributed by atoms with E-state index in [-0.39, 0.29) is 5.91 Å². The Morgan fingerprint density at radius 2 is 2.22 bits per heavy atom. The van der Waals surface area contributed by atoms with Gasteiger partial charge in [-0.2, -0.15) is 5.10 Å². The van der Waals surface area contributed by atoms with E-state index in [0.717, 1.165) is 19.1 Å². The van der Waals surface area contributed by atoms with Crippen molar-refractivity contribution in [1.82, 2.24) is 5.43 Å². The maximum Gasteiger partial charge on any atom is 0.272 e. The lowest BCUT2D eigenvalue weighted by Gasteiger charge is -1.98. The molecule has 0 saturated carbocycles. The molecule has 0 unspecified atom stereocenters. The predicted molar refractivity (Wildman–Crippen MR) is 80.9 cm³/mol. The molecule has 0 fully saturated rings. The van der Waals surface area contributed by atoms with Crippen molar-refractivity contribution in [2.45, 2.75) is 13.8 Å². The number of amides is 1. The molecule has 0 bridgehead atoms. The molecule has 18 heavy (non-hydrogen) atoms. The number of hydrogen-bond acceptors (Lipinski definition) is 4. The monoisotopic (exact) mass is 342 g/mol. The number of thiophene rings is 2. The van der Waals surface area contributed by atoms with E-state index in [1.807, 2.05) is 31.4 Å². The van der Waals surface area contributed by atoms with Crippen LogP contribution in [-0.2, 0) is 0 Å². The zero-order chi connectivity index (χ0) is 13.1. The normalized spacial score (nSPS) is 11.1. The minimum atomic E-state index is -0.163. The van der Waals surface area contributed by atoms with Crippen molar-refractivity contribution in [2.24, 2.45) is 5.10 Å². The maximum absolute atomic E-state index is 11.9. The number of halogens is 1. The standard InChI is InChI=1S/C12H11BrN2OS2/c1-7-8(2)17-6-10(7)12(16)15-14-5-9-3-4-11(13)18-9/h3-6H,1-2H3,(H,15,16)/b14-5-. The fourth-order valence-corrected chi connectivity index (χ4v) is 3.51. The summed E-state index contributed by atoms with van der Waals surface area (Å²) in [5.41, 5.74) is 4.26. The highest BCUT2D eigenvalue weighted by Crippen LogP contribution is 2.21. The largest absolute Gasteiger partial charge is 0.272 e. The quantitative estimate of drug-likeness (QED) is 0.665. The molecule has 0 aliphatic heterocycles. The van der Waals surface area contributed by atoms with Crippen LogP contribution in [-0.4, -0.2) is 12.1 Å². The predicted octanol–water partition coefficient (Wildman–Crippen LogP) is 3.95. The van der Waals surface area contributed by atoms with Gasteiger partial charge in [-0.05, 0) is 47.5 Å². The number of hydrogen-bond donors (Lipinski definition) is 1. The van der Waals surface area contributed by atoms with Gasteiger partial charge in [0, 0.05) is 15.1 Å². The molecule has 0 aliphatic carbocycles. The fourth-order valence-electron chi connectivity index (χ4n) is 1.35. The lowest BCUT2D eigenvalue weighted by molar-refractivity contribution is 0.0955. The molecule has 0 spiro atoms. The van der Waals surface area contributed by atoms with Crippen molar-refractivity contribution in [2.75, 3.05) is 0 Å². The van der Waals surface area contributed by atoms with Crippen molar-refractivity contribution in [3.63, 3.8) is 0 Å². The Balaban J connectivity index is 2.00. The second-order valence-corrected chi connectivity index (χ2v) is 7.25. The van der Waals surface area contributed by atoms with Gasteiger partial charge in [0.05, 0.1) is 15.6 Å². The average molecular weight is 343 g/mol. The number of carbonyl (C=O) groups excluding carboxylic acids is 1. The SMILES string of the molecule is Cc1scc(C(=O)N/N=C\c2ccc(Br)s2)c1C. The first-order chi connectivity index (χ1) is 8.58. The molecule has 2 rings (SSSR count). The first-order valence-corrected chi connectivity index (χ1v) is 7.70. The molecule has 0 radical (unpaired) electrons. The number of nitrogens with one attached hydrogen (secondary N) is 1. The molecule has 0 saturated heterocycles. The van der Waals surface area contributed by atoms with Crippen LogP contribution in [0.3, 0.4) is 0 Å². The van der Waals surface area contributed by atoms with E-state index < -0.39 is 0 Å². The maximum atomic E-state index is 11.9. The Labute approximate surface area is 122 Å². The van der Waals surface area contributed by atoms with Crippen molar-refractivity contribution in [3.05, 3.63) is 42.2 Å². The highest BCUT2D eigenvalue weighted by Gasteiger charge is 2.11. The summed E-state index contributed by atoms with van der Waals surface area (Å²) in [7, 11) is 0. The third kappa shape index (κ3) is 3.07. The number of carbonyl (C=O) groups is 1. The number of aryl methyl sites for hydroxylation is 1. The third-order valence-corrected chi connectivity index (χ3v) is 5.05. The second kappa shape index (κ2) is 5.77. The van der Waals surface area contributed by atoms with Crippen LogP contribution < -0.4 is 5.43 Å². The minimum Gasteiger partial charge on any atom is -0.267 e. The van der Waals surface area contributed by atoms with E-state index in [9.17, 15) is 4.79 Å². The second-order valence-electron chi connectivity index (χ2n) is 3.67. The summed E-state index contributed by atoms with van der Waals surface area (Å²) in [6, 6.07) is 3.88. The summed E-state index contributed by atoms with van der Waals surface area (Å²) < 4.78 is 1.04. The van der Waals surface area contributed by atoms with E-state index in [0.29, 0.717) is 5.56 Å². The van der Waals surface area contributed by atoms with Crippen molar-refractivity contribution >= 4 is 50.7 Å². The zero-order valence-electron chi connectivity index (χ0n) is 9.86. The van der Waals surface area contributed by atoms with Crippen LogP contribution >= 0.6 is 38.6 Å². The third-order valence-electron chi connectivity index (χ3n) is 2.48. The van der Waals surface area contributed by atoms with E-state index in [4.69, 9.17) is 0 Å². The van der Waals surface area contributed by atoms with Gasteiger partial charge in [0.15, 0.2) is 0 Å². The van der Waals surface area contributed by atoms with Crippen LogP contribution in [0.5, 0.6) is 0 Å². The first kappa shape index (κ1) is 13.5. The van der Waals surface area contributed by atoms with Crippen LogP contribution in [0.2, 0.25) is 0 Å². The molecule has 2 aromatic heterocycles. The van der Waals surface area contributed by atoms with Gasteiger partial charge in [0.25, 0.3) is 5.91 Å². The topological polar surface area (TPSA) is 41.5 Å². The average Bonchev–Trinajstić information content (AvgIpc) is 2.87. The Morgan fingerprint density at radius 1 is 1.44 bits per heavy atom. The van der Waals surface area contributed by atoms with E-state index in [2.05, 4.69) is 26.5 Å². The van der Waals surface area contributed by atoms with Crippen LogP contribution in [0.1, 0.15) is 25.7 Å². The molecule has 94 valence electrons. The zero-order valence-corrected chi connectivity index (χ0v) is 13.1. The highest BCUT2D eigenvalue weighted by atomic mass is 79.9. The van der Waals surface area contributed by atoms with Crippen molar-refractivity contribution in [3.8, 4) is 0 Å². The molecule has 1 N–H and O–H groups in total. The van der Waals surface area contributed by atoms with Crippen LogP contribution in [0, 0.1) is 13.8 Å².